The molecule has 0 saturated heterocycles. The highest BCUT2D eigenvalue weighted by Crippen LogP contribution is 2.11. The molecule has 8 nitrogen and oxygen atoms in total. The van der Waals surface area contributed by atoms with Crippen molar-refractivity contribution in [2.45, 2.75) is 6.42 Å². The average molecular weight is 343 g/mol. The molecule has 2 aromatic heterocycles. The van der Waals surface area contributed by atoms with Crippen molar-refractivity contribution in [1.29, 1.82) is 0 Å². The molecule has 0 aliphatic heterocycles. The molecular weight excluding hydrogens is 332 g/mol. The maximum Gasteiger partial charge on any atom is 0.249 e. The zero-order chi connectivity index (χ0) is 16.8. The molecular formula is C15H11ClN6O2. The number of nitrogens with zero attached hydrogens (tertiary/aromatic N) is 5. The van der Waals surface area contributed by atoms with Gasteiger partial charge in [-0.3, -0.25) is 9.78 Å². The highest BCUT2D eigenvalue weighted by Gasteiger charge is 2.12. The summed E-state index contributed by atoms with van der Waals surface area (Å²) in [5.74, 6) is 0.0555. The van der Waals surface area contributed by atoms with Crippen LogP contribution >= 0.6 is 11.6 Å². The molecule has 0 atom stereocenters. The van der Waals surface area contributed by atoms with Crippen LogP contribution in [0.2, 0.25) is 5.02 Å². The summed E-state index contributed by atoms with van der Waals surface area (Å²) in [5.41, 5.74) is 3.66. The lowest BCUT2D eigenvalue weighted by atomic mass is 10.2. The van der Waals surface area contributed by atoms with E-state index in [2.05, 4.69) is 30.6 Å². The molecule has 9 heteroatoms. The van der Waals surface area contributed by atoms with E-state index in [1.165, 1.54) is 24.8 Å². The lowest BCUT2D eigenvalue weighted by Crippen LogP contribution is -2.19. The fourth-order valence-electron chi connectivity index (χ4n) is 1.75. The summed E-state index contributed by atoms with van der Waals surface area (Å²) in [5, 5.41) is 8.24. The lowest BCUT2D eigenvalue weighted by Gasteiger charge is -1.96. The molecule has 120 valence electrons. The van der Waals surface area contributed by atoms with E-state index in [4.69, 9.17) is 16.1 Å². The van der Waals surface area contributed by atoms with Gasteiger partial charge >= 0.3 is 0 Å². The molecule has 2 heterocycles. The number of hydrogen-bond acceptors (Lipinski definition) is 7. The van der Waals surface area contributed by atoms with E-state index in [0.717, 1.165) is 5.56 Å². The van der Waals surface area contributed by atoms with E-state index in [0.29, 0.717) is 10.7 Å². The van der Waals surface area contributed by atoms with E-state index in [-0.39, 0.29) is 24.0 Å². The molecule has 0 radical (unpaired) electrons. The molecule has 0 saturated carbocycles. The third-order valence-electron chi connectivity index (χ3n) is 2.85. The van der Waals surface area contributed by atoms with Gasteiger partial charge in [-0.2, -0.15) is 10.1 Å². The maximum absolute atomic E-state index is 11.8. The Kier molecular flexibility index (Phi) is 4.87. The van der Waals surface area contributed by atoms with Crippen LogP contribution in [0.25, 0.3) is 11.5 Å². The number of hydrogen-bond donors (Lipinski definition) is 1. The number of aromatic nitrogens is 4. The molecule has 3 aromatic rings. The van der Waals surface area contributed by atoms with Crippen molar-refractivity contribution < 1.29 is 9.32 Å². The number of hydrazone groups is 1. The van der Waals surface area contributed by atoms with Gasteiger partial charge in [-0.05, 0) is 17.7 Å². The summed E-state index contributed by atoms with van der Waals surface area (Å²) in [6, 6.07) is 7.03. The predicted octanol–water partition coefficient (Wildman–Crippen LogP) is 1.87. The number of benzene rings is 1. The first-order valence-corrected chi connectivity index (χ1v) is 7.25. The van der Waals surface area contributed by atoms with E-state index in [1.54, 1.807) is 24.3 Å². The van der Waals surface area contributed by atoms with Crippen LogP contribution in [-0.2, 0) is 11.2 Å². The van der Waals surface area contributed by atoms with Crippen LogP contribution in [0.3, 0.4) is 0 Å². The van der Waals surface area contributed by atoms with Crippen molar-refractivity contribution in [2.24, 2.45) is 5.10 Å². The van der Waals surface area contributed by atoms with Gasteiger partial charge < -0.3 is 4.52 Å². The fraction of sp³-hybridized carbons (Fsp3) is 0.0667. The van der Waals surface area contributed by atoms with Gasteiger partial charge in [0, 0.05) is 17.4 Å². The van der Waals surface area contributed by atoms with E-state index >= 15 is 0 Å². The number of amides is 1. The first-order chi connectivity index (χ1) is 11.7. The van der Waals surface area contributed by atoms with E-state index < -0.39 is 0 Å². The van der Waals surface area contributed by atoms with Gasteiger partial charge in [0.1, 0.15) is 12.1 Å². The van der Waals surface area contributed by atoms with E-state index in [9.17, 15) is 4.79 Å². The maximum atomic E-state index is 11.8. The van der Waals surface area contributed by atoms with Gasteiger partial charge in [0.2, 0.25) is 17.6 Å². The second kappa shape index (κ2) is 7.42. The van der Waals surface area contributed by atoms with Crippen LogP contribution in [0, 0.1) is 0 Å². The molecule has 0 unspecified atom stereocenters. The van der Waals surface area contributed by atoms with Crippen LogP contribution < -0.4 is 5.43 Å². The smallest absolute Gasteiger partial charge is 0.249 e. The van der Waals surface area contributed by atoms with Gasteiger partial charge in [-0.25, -0.2) is 10.4 Å². The highest BCUT2D eigenvalue weighted by atomic mass is 35.5. The molecule has 0 spiro atoms. The van der Waals surface area contributed by atoms with Crippen LogP contribution in [0.5, 0.6) is 0 Å². The van der Waals surface area contributed by atoms with Gasteiger partial charge in [-0.1, -0.05) is 28.9 Å². The number of carbonyl (C=O) groups is 1. The Morgan fingerprint density at radius 2 is 2.12 bits per heavy atom. The summed E-state index contributed by atoms with van der Waals surface area (Å²) in [6.45, 7) is 0. The molecule has 0 bridgehead atoms. The number of halogens is 1. The van der Waals surface area contributed by atoms with Crippen molar-refractivity contribution in [3.63, 3.8) is 0 Å². The zero-order valence-electron chi connectivity index (χ0n) is 12.3. The molecule has 3 rings (SSSR count). The van der Waals surface area contributed by atoms with Gasteiger partial charge in [0.25, 0.3) is 0 Å². The monoisotopic (exact) mass is 342 g/mol. The first-order valence-electron chi connectivity index (χ1n) is 6.87. The SMILES string of the molecule is O=C(Cc1nc(-c2cnccn2)no1)NN=Cc1ccc(Cl)cc1. The Morgan fingerprint density at radius 3 is 2.88 bits per heavy atom. The van der Waals surface area contributed by atoms with Crippen molar-refractivity contribution in [1.82, 2.24) is 25.5 Å². The third kappa shape index (κ3) is 4.20. The Bertz CT molecular complexity index is 848. The average Bonchev–Trinajstić information content (AvgIpc) is 3.06. The number of rotatable bonds is 5. The van der Waals surface area contributed by atoms with Gasteiger partial charge in [-0.15, -0.1) is 0 Å². The lowest BCUT2D eigenvalue weighted by molar-refractivity contribution is -0.120. The molecule has 24 heavy (non-hydrogen) atoms. The van der Waals surface area contributed by atoms with E-state index in [1.807, 2.05) is 0 Å². The summed E-state index contributed by atoms with van der Waals surface area (Å²) in [4.78, 5) is 23.9. The van der Waals surface area contributed by atoms with Crippen LogP contribution in [0.4, 0.5) is 0 Å². The topological polar surface area (TPSA) is 106 Å². The summed E-state index contributed by atoms with van der Waals surface area (Å²) in [6.07, 6.45) is 5.98. The minimum Gasteiger partial charge on any atom is -0.338 e. The molecule has 0 aliphatic rings. The molecule has 0 aliphatic carbocycles. The quantitative estimate of drug-likeness (QED) is 0.560. The molecule has 0 fully saturated rings. The van der Waals surface area contributed by atoms with Crippen molar-refractivity contribution in [2.75, 3.05) is 0 Å². The highest BCUT2D eigenvalue weighted by molar-refractivity contribution is 6.30. The minimum atomic E-state index is -0.380. The van der Waals surface area contributed by atoms with Gasteiger partial charge in [0.05, 0.1) is 12.4 Å². The van der Waals surface area contributed by atoms with Crippen molar-refractivity contribution in [3.05, 3.63) is 59.3 Å². The summed E-state index contributed by atoms with van der Waals surface area (Å²) >= 11 is 5.79. The summed E-state index contributed by atoms with van der Waals surface area (Å²) < 4.78 is 5.01. The Morgan fingerprint density at radius 1 is 1.29 bits per heavy atom. The fourth-order valence-corrected chi connectivity index (χ4v) is 1.88. The minimum absolute atomic E-state index is 0.0920. The second-order valence-electron chi connectivity index (χ2n) is 4.62. The Balaban J connectivity index is 1.55. The van der Waals surface area contributed by atoms with Crippen molar-refractivity contribution in [3.8, 4) is 11.5 Å². The Hall–Kier alpha value is -3.13. The van der Waals surface area contributed by atoms with Crippen LogP contribution in [-0.4, -0.2) is 32.2 Å². The molecule has 1 aromatic carbocycles. The third-order valence-corrected chi connectivity index (χ3v) is 3.10. The van der Waals surface area contributed by atoms with Crippen molar-refractivity contribution >= 4 is 23.7 Å². The first kappa shape index (κ1) is 15.8. The standard InChI is InChI=1S/C15H11ClN6O2/c16-11-3-1-10(2-4-11)8-19-21-13(23)7-14-20-15(22-24-14)12-9-17-5-6-18-12/h1-6,8-9H,7H2,(H,21,23). The van der Waals surface area contributed by atoms with Crippen LogP contribution in [0.15, 0.2) is 52.5 Å². The summed E-state index contributed by atoms with van der Waals surface area (Å²) in [7, 11) is 0. The predicted molar refractivity (Wildman–Crippen MR) is 86.2 cm³/mol. The number of nitrogens with one attached hydrogen (secondary N) is 1. The second-order valence-corrected chi connectivity index (χ2v) is 5.06. The van der Waals surface area contributed by atoms with Gasteiger partial charge in [0.15, 0.2) is 0 Å². The Labute approximate surface area is 141 Å². The van der Waals surface area contributed by atoms with Crippen LogP contribution in [0.1, 0.15) is 11.5 Å². The number of carbonyl (C=O) groups excluding carboxylic acids is 1. The molecule has 1 amide bonds. The normalized spacial score (nSPS) is 10.9. The molecule has 1 N–H and O–H groups in total. The largest absolute Gasteiger partial charge is 0.338 e. The zero-order valence-corrected chi connectivity index (χ0v) is 13.0.